The zero-order valence-corrected chi connectivity index (χ0v) is 19.8. The summed E-state index contributed by atoms with van der Waals surface area (Å²) in [5.41, 5.74) is 11.1. The van der Waals surface area contributed by atoms with E-state index < -0.39 is 5.60 Å². The lowest BCUT2D eigenvalue weighted by Crippen LogP contribution is -2.39. The molecular weight excluding hydrogens is 404 g/mol. The van der Waals surface area contributed by atoms with Gasteiger partial charge in [-0.1, -0.05) is 6.92 Å². The third kappa shape index (κ3) is 4.65. The summed E-state index contributed by atoms with van der Waals surface area (Å²) < 4.78 is 9.32. The van der Waals surface area contributed by atoms with Crippen molar-refractivity contribution in [1.82, 2.24) is 24.1 Å². The second-order valence-corrected chi connectivity index (χ2v) is 9.72. The maximum absolute atomic E-state index is 12.2. The van der Waals surface area contributed by atoms with Crippen LogP contribution in [0.4, 0.5) is 5.82 Å². The van der Waals surface area contributed by atoms with Gasteiger partial charge >= 0.3 is 5.97 Å². The van der Waals surface area contributed by atoms with Gasteiger partial charge < -0.3 is 15.0 Å². The molecule has 32 heavy (non-hydrogen) atoms. The van der Waals surface area contributed by atoms with Crippen LogP contribution in [0.2, 0.25) is 0 Å². The molecule has 1 aliphatic heterocycles. The van der Waals surface area contributed by atoms with Crippen molar-refractivity contribution < 1.29 is 9.53 Å². The molecule has 0 atom stereocenters. The lowest BCUT2D eigenvalue weighted by Gasteiger charge is -2.31. The van der Waals surface area contributed by atoms with Gasteiger partial charge in [-0.05, 0) is 59.2 Å². The number of hydrogen-bond acceptors (Lipinski definition) is 6. The van der Waals surface area contributed by atoms with Gasteiger partial charge in [0.15, 0.2) is 5.65 Å². The Morgan fingerprint density at radius 1 is 1.25 bits per heavy atom. The molecule has 8 nitrogen and oxygen atoms in total. The fourth-order valence-electron chi connectivity index (χ4n) is 4.47. The van der Waals surface area contributed by atoms with Crippen molar-refractivity contribution >= 4 is 17.4 Å². The number of fused-ring (bicyclic) bond motifs is 1. The molecule has 4 heterocycles. The monoisotopic (exact) mass is 438 g/mol. The first kappa shape index (κ1) is 22.3. The smallest absolute Gasteiger partial charge is 0.320 e. The zero-order chi connectivity index (χ0) is 23.0. The van der Waals surface area contributed by atoms with Crippen LogP contribution in [0.15, 0.2) is 24.5 Å². The number of nitrogen functional groups attached to an aromatic ring is 1. The number of hydrogen-bond donors (Lipinski definition) is 1. The molecule has 1 aliphatic rings. The molecule has 1 saturated heterocycles. The van der Waals surface area contributed by atoms with Gasteiger partial charge in [0.1, 0.15) is 11.4 Å². The van der Waals surface area contributed by atoms with Crippen LogP contribution in [0.25, 0.3) is 16.8 Å². The van der Waals surface area contributed by atoms with Crippen molar-refractivity contribution in [1.29, 1.82) is 0 Å². The van der Waals surface area contributed by atoms with E-state index in [4.69, 9.17) is 15.5 Å². The van der Waals surface area contributed by atoms with Crippen LogP contribution in [-0.4, -0.2) is 55.3 Å². The topological polar surface area (TPSA) is 90.7 Å². The number of anilines is 1. The highest BCUT2D eigenvalue weighted by Crippen LogP contribution is 2.32. The number of carbonyl (C=O) groups excluding carboxylic acids is 1. The van der Waals surface area contributed by atoms with Gasteiger partial charge in [0, 0.05) is 47.7 Å². The number of nitrogens with two attached hydrogens (primary N) is 1. The van der Waals surface area contributed by atoms with Gasteiger partial charge in [-0.15, -0.1) is 0 Å². The van der Waals surface area contributed by atoms with Crippen LogP contribution >= 0.6 is 0 Å². The summed E-state index contributed by atoms with van der Waals surface area (Å²) in [6, 6.07) is 4.14. The Kier molecular flexibility index (Phi) is 5.99. The van der Waals surface area contributed by atoms with Crippen LogP contribution in [-0.2, 0) is 23.0 Å². The standard InChI is InChI=1S/C24H34N6O2/c1-6-18-11-17(14-28(18)5)19-13-26-30-21(25)12-20(27-23(19)30)16-7-9-29(10-8-16)15-22(31)32-24(2,3)4/h11-14,16H,6-10,15,25H2,1-5H3. The van der Waals surface area contributed by atoms with Gasteiger partial charge in [-0.2, -0.15) is 9.61 Å². The average molecular weight is 439 g/mol. The summed E-state index contributed by atoms with van der Waals surface area (Å²) in [6.45, 7) is 9.84. The van der Waals surface area contributed by atoms with E-state index in [9.17, 15) is 4.79 Å². The highest BCUT2D eigenvalue weighted by atomic mass is 16.6. The molecule has 0 bridgehead atoms. The SMILES string of the molecule is CCc1cc(-c2cnn3c(N)cc(C4CCN(CC(=O)OC(C)(C)C)CC4)nc23)cn1C. The summed E-state index contributed by atoms with van der Waals surface area (Å²) in [6.07, 6.45) is 6.80. The van der Waals surface area contributed by atoms with Gasteiger partial charge in [0.05, 0.1) is 12.7 Å². The largest absolute Gasteiger partial charge is 0.459 e. The number of carbonyl (C=O) groups is 1. The Morgan fingerprint density at radius 2 is 1.97 bits per heavy atom. The van der Waals surface area contributed by atoms with Crippen molar-refractivity contribution in [2.75, 3.05) is 25.4 Å². The van der Waals surface area contributed by atoms with Gasteiger partial charge in [-0.3, -0.25) is 9.69 Å². The number of rotatable bonds is 5. The minimum absolute atomic E-state index is 0.169. The molecule has 0 unspecified atom stereocenters. The molecule has 0 amide bonds. The molecule has 8 heteroatoms. The van der Waals surface area contributed by atoms with E-state index in [0.717, 1.165) is 54.8 Å². The van der Waals surface area contributed by atoms with E-state index in [-0.39, 0.29) is 5.97 Å². The Morgan fingerprint density at radius 3 is 2.59 bits per heavy atom. The lowest BCUT2D eigenvalue weighted by atomic mass is 9.93. The van der Waals surface area contributed by atoms with Crippen molar-refractivity contribution in [3.63, 3.8) is 0 Å². The van der Waals surface area contributed by atoms with E-state index in [1.54, 1.807) is 4.52 Å². The molecule has 4 rings (SSSR count). The van der Waals surface area contributed by atoms with Crippen molar-refractivity contribution in [3.05, 3.63) is 35.9 Å². The first-order valence-electron chi connectivity index (χ1n) is 11.4. The van der Waals surface area contributed by atoms with Crippen molar-refractivity contribution in [2.24, 2.45) is 7.05 Å². The Bertz CT molecular complexity index is 1120. The number of piperidine rings is 1. The van der Waals surface area contributed by atoms with Crippen LogP contribution in [0, 0.1) is 0 Å². The molecule has 1 fully saturated rings. The minimum atomic E-state index is -0.453. The van der Waals surface area contributed by atoms with E-state index in [1.807, 2.05) is 33.0 Å². The van der Waals surface area contributed by atoms with Gasteiger partial charge in [0.25, 0.3) is 0 Å². The summed E-state index contributed by atoms with van der Waals surface area (Å²) in [5.74, 6) is 0.735. The predicted octanol–water partition coefficient (Wildman–Crippen LogP) is 3.40. The molecule has 0 aliphatic carbocycles. The second-order valence-electron chi connectivity index (χ2n) is 9.72. The van der Waals surface area contributed by atoms with Crippen molar-refractivity contribution in [2.45, 2.75) is 58.5 Å². The molecule has 0 saturated carbocycles. The lowest BCUT2D eigenvalue weighted by molar-refractivity contribution is -0.156. The van der Waals surface area contributed by atoms with Gasteiger partial charge in [0.2, 0.25) is 0 Å². The highest BCUT2D eigenvalue weighted by Gasteiger charge is 2.26. The molecular formula is C24H34N6O2. The second kappa shape index (κ2) is 8.58. The summed E-state index contributed by atoms with van der Waals surface area (Å²) >= 11 is 0. The number of nitrogens with zero attached hydrogens (tertiary/aromatic N) is 5. The predicted molar refractivity (Wildman–Crippen MR) is 125 cm³/mol. The number of esters is 1. The average Bonchev–Trinajstić information content (AvgIpc) is 3.30. The van der Waals surface area contributed by atoms with E-state index >= 15 is 0 Å². The fraction of sp³-hybridized carbons (Fsp3) is 0.542. The maximum Gasteiger partial charge on any atom is 0.320 e. The number of aryl methyl sites for hydroxylation is 2. The molecule has 0 aromatic carbocycles. The summed E-state index contributed by atoms with van der Waals surface area (Å²) in [5, 5.41) is 4.48. The van der Waals surface area contributed by atoms with E-state index in [0.29, 0.717) is 18.3 Å². The number of likely N-dealkylation sites (tertiary alicyclic amines) is 1. The first-order valence-corrected chi connectivity index (χ1v) is 11.4. The van der Waals surface area contributed by atoms with Crippen LogP contribution in [0.3, 0.4) is 0 Å². The Balaban J connectivity index is 1.51. The van der Waals surface area contributed by atoms with Crippen LogP contribution in [0.5, 0.6) is 0 Å². The van der Waals surface area contributed by atoms with E-state index in [2.05, 4.69) is 40.8 Å². The quantitative estimate of drug-likeness (QED) is 0.614. The molecule has 2 N–H and O–H groups in total. The third-order valence-electron chi connectivity index (χ3n) is 6.08. The molecule has 0 radical (unpaired) electrons. The summed E-state index contributed by atoms with van der Waals surface area (Å²) in [7, 11) is 2.06. The normalized spacial score (nSPS) is 16.0. The minimum Gasteiger partial charge on any atom is -0.459 e. The van der Waals surface area contributed by atoms with Crippen LogP contribution < -0.4 is 5.73 Å². The van der Waals surface area contributed by atoms with Crippen molar-refractivity contribution in [3.8, 4) is 11.1 Å². The number of aromatic nitrogens is 4. The van der Waals surface area contributed by atoms with Gasteiger partial charge in [-0.25, -0.2) is 4.98 Å². The zero-order valence-electron chi connectivity index (χ0n) is 19.8. The fourth-order valence-corrected chi connectivity index (χ4v) is 4.47. The maximum atomic E-state index is 12.2. The Labute approximate surface area is 189 Å². The third-order valence-corrected chi connectivity index (χ3v) is 6.08. The van der Waals surface area contributed by atoms with Crippen LogP contribution in [0.1, 0.15) is 57.8 Å². The highest BCUT2D eigenvalue weighted by molar-refractivity contribution is 5.78. The first-order chi connectivity index (χ1) is 15.1. The summed E-state index contributed by atoms with van der Waals surface area (Å²) in [4.78, 5) is 19.3. The molecule has 172 valence electrons. The molecule has 3 aromatic rings. The Hall–Kier alpha value is -2.87. The number of ether oxygens (including phenoxy) is 1. The van der Waals surface area contributed by atoms with E-state index in [1.165, 1.54) is 5.69 Å². The molecule has 0 spiro atoms. The molecule has 3 aromatic heterocycles.